The highest BCUT2D eigenvalue weighted by atomic mass is 16.4. The second kappa shape index (κ2) is 5.83. The maximum atomic E-state index is 12.2. The van der Waals surface area contributed by atoms with Gasteiger partial charge in [0.25, 0.3) is 0 Å². The van der Waals surface area contributed by atoms with Gasteiger partial charge in [-0.3, -0.25) is 15.0 Å². The molecule has 0 amide bonds. The normalized spacial score (nSPS) is 11.6. The van der Waals surface area contributed by atoms with Crippen molar-refractivity contribution in [3.05, 3.63) is 70.3 Å². The van der Waals surface area contributed by atoms with E-state index in [1.807, 2.05) is 0 Å². The molecule has 0 aliphatic carbocycles. The highest BCUT2D eigenvalue weighted by Crippen LogP contribution is 2.26. The van der Waals surface area contributed by atoms with Gasteiger partial charge >= 0.3 is 5.63 Å². The van der Waals surface area contributed by atoms with Gasteiger partial charge < -0.3 is 9.52 Å². The molecule has 2 aromatic carbocycles. The quantitative estimate of drug-likeness (QED) is 0.416. The number of fused-ring (bicyclic) bond motifs is 2. The van der Waals surface area contributed by atoms with Crippen LogP contribution in [0.2, 0.25) is 0 Å². The van der Waals surface area contributed by atoms with Crippen LogP contribution in [0.5, 0.6) is 5.75 Å². The lowest BCUT2D eigenvalue weighted by Gasteiger charge is -2.12. The summed E-state index contributed by atoms with van der Waals surface area (Å²) in [5.74, 6) is -0.259. The Balaban J connectivity index is 1.85. The Labute approximate surface area is 142 Å². The molecule has 0 atom stereocenters. The molecule has 4 aromatic rings. The van der Waals surface area contributed by atoms with Crippen molar-refractivity contribution in [2.24, 2.45) is 4.99 Å². The summed E-state index contributed by atoms with van der Waals surface area (Å²) < 4.78 is 5.24. The molecule has 0 spiro atoms. The molecule has 0 aliphatic rings. The molecular weight excluding hydrogens is 318 g/mol. The number of benzene rings is 2. The minimum atomic E-state index is -0.494. The van der Waals surface area contributed by atoms with Crippen molar-refractivity contribution in [3.63, 3.8) is 0 Å². The first kappa shape index (κ1) is 15.0. The van der Waals surface area contributed by atoms with E-state index in [1.54, 1.807) is 43.6 Å². The predicted octanol–water partition coefficient (Wildman–Crippen LogP) is 2.87. The fourth-order valence-corrected chi connectivity index (χ4v) is 2.68. The fourth-order valence-electron chi connectivity index (χ4n) is 2.68. The standard InChI is InChI=1S/C19H13N3O3/c1-11-8-18(24)25-19-13(11)3-5-17(23)14(19)10-22-12-2-4-15-16(9-12)21-7-6-20-15/h2-10,23H,1H3/p-1. The average molecular weight is 330 g/mol. The van der Waals surface area contributed by atoms with Gasteiger partial charge in [0.2, 0.25) is 0 Å². The zero-order valence-corrected chi connectivity index (χ0v) is 13.3. The van der Waals surface area contributed by atoms with E-state index in [2.05, 4.69) is 15.0 Å². The second-order valence-corrected chi connectivity index (χ2v) is 5.59. The van der Waals surface area contributed by atoms with E-state index in [4.69, 9.17) is 4.42 Å². The van der Waals surface area contributed by atoms with Crippen molar-refractivity contribution in [2.75, 3.05) is 0 Å². The Kier molecular flexibility index (Phi) is 3.50. The molecule has 6 heteroatoms. The topological polar surface area (TPSA) is 91.4 Å². The molecule has 0 fully saturated rings. The van der Waals surface area contributed by atoms with Gasteiger partial charge in [-0.15, -0.1) is 0 Å². The Morgan fingerprint density at radius 1 is 1.08 bits per heavy atom. The van der Waals surface area contributed by atoms with Crippen molar-refractivity contribution in [3.8, 4) is 5.75 Å². The van der Waals surface area contributed by atoms with Gasteiger partial charge in [-0.1, -0.05) is 17.9 Å². The van der Waals surface area contributed by atoms with Crippen LogP contribution in [0.4, 0.5) is 5.69 Å². The van der Waals surface area contributed by atoms with Gasteiger partial charge in [0.15, 0.2) is 0 Å². The summed E-state index contributed by atoms with van der Waals surface area (Å²) in [6.07, 6.45) is 4.65. The van der Waals surface area contributed by atoms with Crippen molar-refractivity contribution >= 4 is 33.9 Å². The van der Waals surface area contributed by atoms with E-state index in [9.17, 15) is 9.90 Å². The number of aromatic nitrogens is 2. The van der Waals surface area contributed by atoms with Crippen LogP contribution >= 0.6 is 0 Å². The number of nitrogens with zero attached hydrogens (tertiary/aromatic N) is 3. The minimum Gasteiger partial charge on any atom is -0.872 e. The van der Waals surface area contributed by atoms with Crippen LogP contribution in [-0.4, -0.2) is 16.2 Å². The zero-order chi connectivity index (χ0) is 17.4. The van der Waals surface area contributed by atoms with Crippen LogP contribution in [-0.2, 0) is 0 Å². The molecule has 2 aromatic heterocycles. The van der Waals surface area contributed by atoms with E-state index in [0.717, 1.165) is 11.1 Å². The molecule has 25 heavy (non-hydrogen) atoms. The number of rotatable bonds is 2. The predicted molar refractivity (Wildman–Crippen MR) is 93.5 cm³/mol. The van der Waals surface area contributed by atoms with Crippen LogP contribution in [0.1, 0.15) is 11.1 Å². The van der Waals surface area contributed by atoms with Crippen molar-refractivity contribution < 1.29 is 9.52 Å². The molecule has 0 saturated carbocycles. The number of hydrogen-bond acceptors (Lipinski definition) is 6. The lowest BCUT2D eigenvalue weighted by molar-refractivity contribution is -0.268. The summed E-state index contributed by atoms with van der Waals surface area (Å²) in [5.41, 5.74) is 2.85. The maximum absolute atomic E-state index is 12.2. The summed E-state index contributed by atoms with van der Waals surface area (Å²) in [6.45, 7) is 1.80. The van der Waals surface area contributed by atoms with Crippen LogP contribution < -0.4 is 10.7 Å². The van der Waals surface area contributed by atoms with Gasteiger partial charge in [0, 0.05) is 35.6 Å². The molecule has 0 aliphatic heterocycles. The summed E-state index contributed by atoms with van der Waals surface area (Å²) in [4.78, 5) is 24.4. The van der Waals surface area contributed by atoms with Crippen LogP contribution in [0.3, 0.4) is 0 Å². The average Bonchev–Trinajstić information content (AvgIpc) is 2.60. The highest BCUT2D eigenvalue weighted by molar-refractivity contribution is 6.00. The van der Waals surface area contributed by atoms with E-state index in [0.29, 0.717) is 16.6 Å². The highest BCUT2D eigenvalue weighted by Gasteiger charge is 2.07. The Hall–Kier alpha value is -3.54. The van der Waals surface area contributed by atoms with Gasteiger partial charge in [0.1, 0.15) is 5.58 Å². The lowest BCUT2D eigenvalue weighted by atomic mass is 10.1. The molecule has 122 valence electrons. The van der Waals surface area contributed by atoms with Gasteiger partial charge in [-0.05, 0) is 30.7 Å². The van der Waals surface area contributed by atoms with Crippen LogP contribution in [0.15, 0.2) is 63.0 Å². The van der Waals surface area contributed by atoms with Gasteiger partial charge in [-0.25, -0.2) is 4.79 Å². The summed E-state index contributed by atoms with van der Waals surface area (Å²) in [6, 6.07) is 9.86. The minimum absolute atomic E-state index is 0.248. The number of aryl methyl sites for hydroxylation is 1. The van der Waals surface area contributed by atoms with Crippen LogP contribution in [0, 0.1) is 6.92 Å². The molecule has 0 N–H and O–H groups in total. The first-order valence-electron chi connectivity index (χ1n) is 7.61. The molecule has 0 saturated heterocycles. The molecule has 6 nitrogen and oxygen atoms in total. The molecule has 0 unspecified atom stereocenters. The number of aliphatic imine (C=N–C) groups is 1. The Morgan fingerprint density at radius 3 is 2.72 bits per heavy atom. The SMILES string of the molecule is Cc1cc(=O)oc2c(C=Nc3ccc4nccnc4c3)c([O-])ccc12. The van der Waals surface area contributed by atoms with Crippen molar-refractivity contribution in [1.29, 1.82) is 0 Å². The van der Waals surface area contributed by atoms with Gasteiger partial charge in [-0.2, -0.15) is 0 Å². The molecule has 0 bridgehead atoms. The van der Waals surface area contributed by atoms with E-state index < -0.39 is 5.63 Å². The second-order valence-electron chi connectivity index (χ2n) is 5.59. The van der Waals surface area contributed by atoms with Crippen LogP contribution in [0.25, 0.3) is 22.0 Å². The van der Waals surface area contributed by atoms with E-state index in [-0.39, 0.29) is 16.9 Å². The molecule has 0 radical (unpaired) electrons. The smallest absolute Gasteiger partial charge is 0.336 e. The third-order valence-corrected chi connectivity index (χ3v) is 3.91. The Bertz CT molecular complexity index is 1200. The summed E-state index contributed by atoms with van der Waals surface area (Å²) in [7, 11) is 0. The van der Waals surface area contributed by atoms with Gasteiger partial charge in [0.05, 0.1) is 16.7 Å². The Morgan fingerprint density at radius 2 is 1.88 bits per heavy atom. The van der Waals surface area contributed by atoms with Crippen molar-refractivity contribution in [1.82, 2.24) is 9.97 Å². The fraction of sp³-hybridized carbons (Fsp3) is 0.0526. The number of hydrogen-bond donors (Lipinski definition) is 0. The lowest BCUT2D eigenvalue weighted by Crippen LogP contribution is -2.03. The largest absolute Gasteiger partial charge is 0.872 e. The maximum Gasteiger partial charge on any atom is 0.336 e. The third kappa shape index (κ3) is 2.74. The molecule has 4 rings (SSSR count). The first-order chi connectivity index (χ1) is 12.1. The molecular formula is C19H12N3O3-. The summed E-state index contributed by atoms with van der Waals surface area (Å²) in [5, 5.41) is 12.9. The first-order valence-corrected chi connectivity index (χ1v) is 7.61. The van der Waals surface area contributed by atoms with E-state index in [1.165, 1.54) is 18.3 Å². The van der Waals surface area contributed by atoms with Crippen molar-refractivity contribution in [2.45, 2.75) is 6.92 Å². The monoisotopic (exact) mass is 330 g/mol. The zero-order valence-electron chi connectivity index (χ0n) is 13.3. The summed E-state index contributed by atoms with van der Waals surface area (Å²) >= 11 is 0. The molecule has 2 heterocycles. The third-order valence-electron chi connectivity index (χ3n) is 3.91. The van der Waals surface area contributed by atoms with E-state index >= 15 is 0 Å².